The summed E-state index contributed by atoms with van der Waals surface area (Å²) < 4.78 is 5.65. The van der Waals surface area contributed by atoms with Crippen molar-refractivity contribution in [3.63, 3.8) is 0 Å². The summed E-state index contributed by atoms with van der Waals surface area (Å²) in [5.74, 6) is 0.839. The summed E-state index contributed by atoms with van der Waals surface area (Å²) in [6.45, 7) is 4.45. The van der Waals surface area contributed by atoms with Crippen LogP contribution in [-0.2, 0) is 13.0 Å². The predicted molar refractivity (Wildman–Crippen MR) is 90.6 cm³/mol. The molecule has 0 radical (unpaired) electrons. The zero-order valence-corrected chi connectivity index (χ0v) is 13.4. The third-order valence-electron chi connectivity index (χ3n) is 4.05. The Morgan fingerprint density at radius 2 is 2.00 bits per heavy atom. The van der Waals surface area contributed by atoms with E-state index < -0.39 is 0 Å². The SMILES string of the molecule is Cc1cccc(OCCNC(=O)N2CCc3ccccc3C2)c1. The Kier molecular flexibility index (Phi) is 4.81. The molecule has 0 fully saturated rings. The molecule has 1 aliphatic rings. The molecule has 4 nitrogen and oxygen atoms in total. The number of ether oxygens (including phenoxy) is 1. The van der Waals surface area contributed by atoms with E-state index in [-0.39, 0.29) is 6.03 Å². The normalized spacial score (nSPS) is 13.3. The molecule has 2 aromatic carbocycles. The smallest absolute Gasteiger partial charge is 0.317 e. The average Bonchev–Trinajstić information content (AvgIpc) is 2.58. The van der Waals surface area contributed by atoms with E-state index in [4.69, 9.17) is 4.74 Å². The quantitative estimate of drug-likeness (QED) is 0.882. The van der Waals surface area contributed by atoms with E-state index in [1.807, 2.05) is 42.2 Å². The Bertz CT molecular complexity index is 685. The molecule has 0 unspecified atom stereocenters. The maximum atomic E-state index is 12.2. The number of hydrogen-bond acceptors (Lipinski definition) is 2. The molecule has 1 aliphatic heterocycles. The van der Waals surface area contributed by atoms with Gasteiger partial charge in [0.1, 0.15) is 12.4 Å². The number of urea groups is 1. The fraction of sp³-hybridized carbons (Fsp3) is 0.316. The minimum Gasteiger partial charge on any atom is -0.492 e. The first kappa shape index (κ1) is 15.4. The second-order valence-electron chi connectivity index (χ2n) is 5.84. The minimum atomic E-state index is -0.0210. The number of amides is 2. The lowest BCUT2D eigenvalue weighted by molar-refractivity contribution is 0.189. The Labute approximate surface area is 137 Å². The van der Waals surface area contributed by atoms with Gasteiger partial charge in [-0.1, -0.05) is 36.4 Å². The largest absolute Gasteiger partial charge is 0.492 e. The van der Waals surface area contributed by atoms with Crippen LogP contribution in [0.4, 0.5) is 4.79 Å². The standard InChI is InChI=1S/C19H22N2O2/c1-15-5-4-8-18(13-15)23-12-10-20-19(22)21-11-9-16-6-2-3-7-17(16)14-21/h2-8,13H,9-12,14H2,1H3,(H,20,22). The number of fused-ring (bicyclic) bond motifs is 1. The highest BCUT2D eigenvalue weighted by Crippen LogP contribution is 2.18. The van der Waals surface area contributed by atoms with Gasteiger partial charge in [0.05, 0.1) is 6.54 Å². The van der Waals surface area contributed by atoms with Gasteiger partial charge in [0.15, 0.2) is 0 Å². The van der Waals surface area contributed by atoms with Gasteiger partial charge in [-0.2, -0.15) is 0 Å². The predicted octanol–water partition coefficient (Wildman–Crippen LogP) is 3.14. The number of hydrogen-bond donors (Lipinski definition) is 1. The van der Waals surface area contributed by atoms with Crippen LogP contribution >= 0.6 is 0 Å². The van der Waals surface area contributed by atoms with Gasteiger partial charge in [-0.05, 0) is 42.2 Å². The maximum Gasteiger partial charge on any atom is 0.317 e. The summed E-state index contributed by atoms with van der Waals surface area (Å²) in [5, 5.41) is 2.93. The summed E-state index contributed by atoms with van der Waals surface area (Å²) in [6, 6.07) is 16.2. The molecule has 4 heteroatoms. The van der Waals surface area contributed by atoms with Crippen LogP contribution in [0.15, 0.2) is 48.5 Å². The van der Waals surface area contributed by atoms with E-state index in [0.29, 0.717) is 19.7 Å². The molecule has 0 saturated carbocycles. The molecule has 0 saturated heterocycles. The summed E-state index contributed by atoms with van der Waals surface area (Å²) in [7, 11) is 0. The van der Waals surface area contributed by atoms with Gasteiger partial charge >= 0.3 is 6.03 Å². The first-order chi connectivity index (χ1) is 11.2. The van der Waals surface area contributed by atoms with E-state index in [1.165, 1.54) is 16.7 Å². The van der Waals surface area contributed by atoms with E-state index in [2.05, 4.69) is 23.5 Å². The van der Waals surface area contributed by atoms with Crippen molar-refractivity contribution >= 4 is 6.03 Å². The van der Waals surface area contributed by atoms with Crippen molar-refractivity contribution in [2.75, 3.05) is 19.7 Å². The van der Waals surface area contributed by atoms with E-state index in [1.54, 1.807) is 0 Å². The fourth-order valence-electron chi connectivity index (χ4n) is 2.81. The Balaban J connectivity index is 1.43. The zero-order valence-electron chi connectivity index (χ0n) is 13.4. The topological polar surface area (TPSA) is 41.6 Å². The number of benzene rings is 2. The second kappa shape index (κ2) is 7.18. The van der Waals surface area contributed by atoms with Gasteiger partial charge < -0.3 is 15.0 Å². The van der Waals surface area contributed by atoms with Crippen LogP contribution in [0.2, 0.25) is 0 Å². The number of carbonyl (C=O) groups excluding carboxylic acids is 1. The molecule has 0 bridgehead atoms. The number of carbonyl (C=O) groups is 1. The van der Waals surface area contributed by atoms with Crippen molar-refractivity contribution in [3.8, 4) is 5.75 Å². The van der Waals surface area contributed by atoms with Crippen molar-refractivity contribution in [2.24, 2.45) is 0 Å². The highest BCUT2D eigenvalue weighted by Gasteiger charge is 2.19. The number of nitrogens with zero attached hydrogens (tertiary/aromatic N) is 1. The molecule has 1 N–H and O–H groups in total. The molecular weight excluding hydrogens is 288 g/mol. The van der Waals surface area contributed by atoms with Crippen LogP contribution in [-0.4, -0.2) is 30.6 Å². The molecule has 2 aromatic rings. The van der Waals surface area contributed by atoms with E-state index in [9.17, 15) is 4.79 Å². The Hall–Kier alpha value is -2.49. The summed E-state index contributed by atoms with van der Waals surface area (Å²) in [4.78, 5) is 14.1. The van der Waals surface area contributed by atoms with Gasteiger partial charge in [-0.3, -0.25) is 0 Å². The van der Waals surface area contributed by atoms with Crippen molar-refractivity contribution in [1.29, 1.82) is 0 Å². The molecule has 0 atom stereocenters. The summed E-state index contributed by atoms with van der Waals surface area (Å²) >= 11 is 0. The Morgan fingerprint density at radius 3 is 2.83 bits per heavy atom. The lowest BCUT2D eigenvalue weighted by Gasteiger charge is -2.28. The molecule has 1 heterocycles. The van der Waals surface area contributed by atoms with E-state index in [0.717, 1.165) is 18.7 Å². The molecule has 3 rings (SSSR count). The van der Waals surface area contributed by atoms with Crippen molar-refractivity contribution < 1.29 is 9.53 Å². The Morgan fingerprint density at radius 1 is 1.17 bits per heavy atom. The third-order valence-corrected chi connectivity index (χ3v) is 4.05. The summed E-state index contributed by atoms with van der Waals surface area (Å²) in [5.41, 5.74) is 3.75. The molecule has 0 aliphatic carbocycles. The molecule has 120 valence electrons. The highest BCUT2D eigenvalue weighted by atomic mass is 16.5. The monoisotopic (exact) mass is 310 g/mol. The third kappa shape index (κ3) is 4.03. The van der Waals surface area contributed by atoms with E-state index >= 15 is 0 Å². The van der Waals surface area contributed by atoms with Crippen LogP contribution in [0.3, 0.4) is 0 Å². The number of rotatable bonds is 4. The average molecular weight is 310 g/mol. The van der Waals surface area contributed by atoms with Crippen LogP contribution in [0.5, 0.6) is 5.75 Å². The summed E-state index contributed by atoms with van der Waals surface area (Å²) in [6.07, 6.45) is 0.920. The van der Waals surface area contributed by atoms with Crippen LogP contribution in [0.25, 0.3) is 0 Å². The number of aryl methyl sites for hydroxylation is 1. The minimum absolute atomic E-state index is 0.0210. The maximum absolute atomic E-state index is 12.2. The van der Waals surface area contributed by atoms with Gasteiger partial charge in [-0.15, -0.1) is 0 Å². The molecular formula is C19H22N2O2. The zero-order chi connectivity index (χ0) is 16.1. The molecule has 2 amide bonds. The lowest BCUT2D eigenvalue weighted by atomic mass is 10.0. The van der Waals surface area contributed by atoms with Crippen LogP contribution < -0.4 is 10.1 Å². The highest BCUT2D eigenvalue weighted by molar-refractivity contribution is 5.74. The van der Waals surface area contributed by atoms with Crippen molar-refractivity contribution in [3.05, 3.63) is 65.2 Å². The fourth-order valence-corrected chi connectivity index (χ4v) is 2.81. The lowest BCUT2D eigenvalue weighted by Crippen LogP contribution is -2.43. The molecule has 23 heavy (non-hydrogen) atoms. The number of nitrogens with one attached hydrogen (secondary N) is 1. The first-order valence-corrected chi connectivity index (χ1v) is 8.01. The second-order valence-corrected chi connectivity index (χ2v) is 5.84. The van der Waals surface area contributed by atoms with Crippen molar-refractivity contribution in [1.82, 2.24) is 10.2 Å². The van der Waals surface area contributed by atoms with Crippen LogP contribution in [0, 0.1) is 6.92 Å². The van der Waals surface area contributed by atoms with Gasteiger partial charge in [-0.25, -0.2) is 4.79 Å². The molecule has 0 spiro atoms. The van der Waals surface area contributed by atoms with Crippen molar-refractivity contribution in [2.45, 2.75) is 19.9 Å². The first-order valence-electron chi connectivity index (χ1n) is 8.01. The van der Waals surface area contributed by atoms with Crippen LogP contribution in [0.1, 0.15) is 16.7 Å². The van der Waals surface area contributed by atoms with Gasteiger partial charge in [0.25, 0.3) is 0 Å². The van der Waals surface area contributed by atoms with Gasteiger partial charge in [0, 0.05) is 13.1 Å². The molecule has 0 aromatic heterocycles. The van der Waals surface area contributed by atoms with Gasteiger partial charge in [0.2, 0.25) is 0 Å².